The SMILES string of the molecule is CC(C)(C)[C@H]1CCc2onc(C(=O)Nc3cnn(Cc4ccc(Cl)cc4Cl)c3)c2C1. The van der Waals surface area contributed by atoms with Crippen molar-refractivity contribution < 1.29 is 9.32 Å². The lowest BCUT2D eigenvalue weighted by Crippen LogP contribution is -2.27. The number of carbonyl (C=O) groups is 1. The third-order valence-corrected chi connectivity index (χ3v) is 6.31. The van der Waals surface area contributed by atoms with Crippen LogP contribution in [0.4, 0.5) is 5.69 Å². The number of anilines is 1. The zero-order valence-corrected chi connectivity index (χ0v) is 18.7. The normalized spacial score (nSPS) is 16.4. The average molecular weight is 447 g/mol. The first kappa shape index (κ1) is 20.9. The molecule has 2 heterocycles. The number of fused-ring (bicyclic) bond motifs is 1. The van der Waals surface area contributed by atoms with Crippen molar-refractivity contribution in [3.63, 3.8) is 0 Å². The number of amides is 1. The molecule has 0 bridgehead atoms. The molecule has 0 saturated carbocycles. The minimum Gasteiger partial charge on any atom is -0.360 e. The van der Waals surface area contributed by atoms with Crippen LogP contribution in [0.2, 0.25) is 10.0 Å². The Labute approximate surface area is 185 Å². The van der Waals surface area contributed by atoms with Crippen molar-refractivity contribution in [2.75, 3.05) is 5.32 Å². The van der Waals surface area contributed by atoms with Gasteiger partial charge in [-0.2, -0.15) is 5.10 Å². The van der Waals surface area contributed by atoms with Crippen LogP contribution in [-0.2, 0) is 19.4 Å². The summed E-state index contributed by atoms with van der Waals surface area (Å²) in [5.74, 6) is 1.04. The van der Waals surface area contributed by atoms with Crippen molar-refractivity contribution in [2.45, 2.75) is 46.6 Å². The molecule has 0 unspecified atom stereocenters. The van der Waals surface area contributed by atoms with Crippen LogP contribution in [0.15, 0.2) is 35.1 Å². The molecule has 0 aliphatic heterocycles. The van der Waals surface area contributed by atoms with Crippen LogP contribution in [-0.4, -0.2) is 20.8 Å². The average Bonchev–Trinajstić information content (AvgIpc) is 3.29. The summed E-state index contributed by atoms with van der Waals surface area (Å²) < 4.78 is 7.16. The van der Waals surface area contributed by atoms with Crippen LogP contribution in [0.5, 0.6) is 0 Å². The fourth-order valence-corrected chi connectivity index (χ4v) is 4.32. The number of rotatable bonds is 4. The van der Waals surface area contributed by atoms with E-state index in [1.54, 1.807) is 29.2 Å². The molecule has 158 valence electrons. The fourth-order valence-electron chi connectivity index (χ4n) is 3.85. The van der Waals surface area contributed by atoms with Gasteiger partial charge in [0.05, 0.1) is 18.4 Å². The van der Waals surface area contributed by atoms with E-state index >= 15 is 0 Å². The Balaban J connectivity index is 1.46. The summed E-state index contributed by atoms with van der Waals surface area (Å²) >= 11 is 12.2. The highest BCUT2D eigenvalue weighted by atomic mass is 35.5. The quantitative estimate of drug-likeness (QED) is 0.563. The lowest BCUT2D eigenvalue weighted by Gasteiger charge is -2.33. The summed E-state index contributed by atoms with van der Waals surface area (Å²) in [6.45, 7) is 7.17. The topological polar surface area (TPSA) is 73.0 Å². The molecule has 6 nitrogen and oxygen atoms in total. The largest absolute Gasteiger partial charge is 0.360 e. The van der Waals surface area contributed by atoms with E-state index in [-0.39, 0.29) is 11.3 Å². The number of carbonyl (C=O) groups excluding carboxylic acids is 1. The van der Waals surface area contributed by atoms with Crippen molar-refractivity contribution >= 4 is 34.8 Å². The molecule has 2 aromatic heterocycles. The maximum Gasteiger partial charge on any atom is 0.278 e. The van der Waals surface area contributed by atoms with Crippen LogP contribution in [0.1, 0.15) is 54.6 Å². The first-order chi connectivity index (χ1) is 14.2. The minimum absolute atomic E-state index is 0.173. The van der Waals surface area contributed by atoms with Crippen molar-refractivity contribution in [2.24, 2.45) is 11.3 Å². The van der Waals surface area contributed by atoms with Gasteiger partial charge < -0.3 is 9.84 Å². The van der Waals surface area contributed by atoms with E-state index in [0.717, 1.165) is 36.1 Å². The van der Waals surface area contributed by atoms with E-state index < -0.39 is 0 Å². The summed E-state index contributed by atoms with van der Waals surface area (Å²) in [4.78, 5) is 12.9. The van der Waals surface area contributed by atoms with Crippen molar-refractivity contribution in [3.05, 3.63) is 63.2 Å². The van der Waals surface area contributed by atoms with Crippen molar-refractivity contribution in [3.8, 4) is 0 Å². The van der Waals surface area contributed by atoms with Crippen LogP contribution >= 0.6 is 23.2 Å². The van der Waals surface area contributed by atoms with Gasteiger partial charge in [-0.25, -0.2) is 0 Å². The van der Waals surface area contributed by atoms with Gasteiger partial charge in [0.25, 0.3) is 5.91 Å². The number of nitrogens with one attached hydrogen (secondary N) is 1. The number of aromatic nitrogens is 3. The van der Waals surface area contributed by atoms with Gasteiger partial charge in [0, 0.05) is 28.2 Å². The molecular weight excluding hydrogens is 423 g/mol. The predicted octanol–water partition coefficient (Wildman–Crippen LogP) is 5.63. The van der Waals surface area contributed by atoms with Crippen LogP contribution in [0.25, 0.3) is 0 Å². The lowest BCUT2D eigenvalue weighted by atomic mass is 9.71. The predicted molar refractivity (Wildman–Crippen MR) is 117 cm³/mol. The summed E-state index contributed by atoms with van der Waals surface area (Å²) in [5, 5.41) is 12.4. The molecule has 0 radical (unpaired) electrons. The summed E-state index contributed by atoms with van der Waals surface area (Å²) in [6.07, 6.45) is 6.03. The molecule has 0 fully saturated rings. The zero-order valence-electron chi connectivity index (χ0n) is 17.2. The molecule has 3 aromatic rings. The number of nitrogens with zero attached hydrogens (tertiary/aromatic N) is 3. The molecule has 0 saturated heterocycles. The first-order valence-corrected chi connectivity index (χ1v) is 10.7. The molecule has 1 aliphatic carbocycles. The Hall–Kier alpha value is -2.31. The molecule has 30 heavy (non-hydrogen) atoms. The van der Waals surface area contributed by atoms with Gasteiger partial charge in [0.15, 0.2) is 5.69 Å². The molecule has 0 spiro atoms. The van der Waals surface area contributed by atoms with E-state index in [9.17, 15) is 4.79 Å². The second kappa shape index (κ2) is 8.08. The Morgan fingerprint density at radius 2 is 2.13 bits per heavy atom. The lowest BCUT2D eigenvalue weighted by molar-refractivity contribution is 0.101. The summed E-state index contributed by atoms with van der Waals surface area (Å²) in [7, 11) is 0. The summed E-state index contributed by atoms with van der Waals surface area (Å²) in [5.41, 5.74) is 2.95. The van der Waals surface area contributed by atoms with Gasteiger partial charge in [0.1, 0.15) is 5.76 Å². The maximum atomic E-state index is 12.9. The molecule has 1 atom stereocenters. The first-order valence-electron chi connectivity index (χ1n) is 9.96. The van der Waals surface area contributed by atoms with Crippen LogP contribution in [0, 0.1) is 11.3 Å². The second-order valence-electron chi connectivity index (χ2n) is 8.86. The van der Waals surface area contributed by atoms with Crippen LogP contribution < -0.4 is 5.32 Å². The van der Waals surface area contributed by atoms with E-state index in [2.05, 4.69) is 36.3 Å². The van der Waals surface area contributed by atoms with Gasteiger partial charge in [0.2, 0.25) is 0 Å². The van der Waals surface area contributed by atoms with Gasteiger partial charge in [-0.3, -0.25) is 9.48 Å². The minimum atomic E-state index is -0.279. The molecule has 1 aliphatic rings. The number of benzene rings is 1. The van der Waals surface area contributed by atoms with Crippen molar-refractivity contribution in [1.82, 2.24) is 14.9 Å². The number of halogens is 2. The van der Waals surface area contributed by atoms with Gasteiger partial charge in [-0.1, -0.05) is 55.2 Å². The second-order valence-corrected chi connectivity index (χ2v) is 9.70. The Morgan fingerprint density at radius 3 is 2.87 bits per heavy atom. The molecule has 1 amide bonds. The van der Waals surface area contributed by atoms with E-state index in [0.29, 0.717) is 33.9 Å². The molecule has 8 heteroatoms. The maximum absolute atomic E-state index is 12.9. The number of aryl methyl sites for hydroxylation is 1. The Bertz CT molecular complexity index is 1080. The van der Waals surface area contributed by atoms with E-state index in [1.807, 2.05) is 6.07 Å². The van der Waals surface area contributed by atoms with E-state index in [1.165, 1.54) is 0 Å². The molecular formula is C22H24Cl2N4O2. The van der Waals surface area contributed by atoms with Gasteiger partial charge >= 0.3 is 0 Å². The highest BCUT2D eigenvalue weighted by Gasteiger charge is 2.34. The molecule has 1 N–H and O–H groups in total. The van der Waals surface area contributed by atoms with Crippen LogP contribution in [0.3, 0.4) is 0 Å². The van der Waals surface area contributed by atoms with Crippen molar-refractivity contribution in [1.29, 1.82) is 0 Å². The highest BCUT2D eigenvalue weighted by Crippen LogP contribution is 2.38. The standard InChI is InChI=1S/C22H24Cl2N4O2/c1-22(2,3)14-5-7-19-17(8-14)20(27-30-19)21(29)26-16-10-25-28(12-16)11-13-4-6-15(23)9-18(13)24/h4,6,9-10,12,14H,5,7-8,11H2,1-3H3,(H,26,29)/t14-/m0/s1. The monoisotopic (exact) mass is 446 g/mol. The number of hydrogen-bond donors (Lipinski definition) is 1. The fraction of sp³-hybridized carbons (Fsp3) is 0.409. The molecule has 4 rings (SSSR count). The highest BCUT2D eigenvalue weighted by molar-refractivity contribution is 6.35. The number of hydrogen-bond acceptors (Lipinski definition) is 4. The molecule has 1 aromatic carbocycles. The van der Waals surface area contributed by atoms with Gasteiger partial charge in [-0.05, 0) is 41.9 Å². The van der Waals surface area contributed by atoms with E-state index in [4.69, 9.17) is 27.7 Å². The Kier molecular flexibility index (Phi) is 5.64. The summed E-state index contributed by atoms with van der Waals surface area (Å²) in [6, 6.07) is 5.34. The third-order valence-electron chi connectivity index (χ3n) is 5.72. The smallest absolute Gasteiger partial charge is 0.278 e. The van der Waals surface area contributed by atoms with Gasteiger partial charge in [-0.15, -0.1) is 0 Å². The zero-order chi connectivity index (χ0) is 21.5. The Morgan fingerprint density at radius 1 is 1.33 bits per heavy atom. The third kappa shape index (κ3) is 4.40.